The molecule has 1 aromatic rings. The van der Waals surface area contributed by atoms with Crippen LogP contribution in [0.2, 0.25) is 0 Å². The number of carbonyl (C=O) groups excluding carboxylic acids is 4. The molecule has 27 heavy (non-hydrogen) atoms. The fourth-order valence-electron chi connectivity index (χ4n) is 3.97. The van der Waals surface area contributed by atoms with E-state index in [-0.39, 0.29) is 12.0 Å². The number of para-hydroxylation sites is 1. The minimum absolute atomic E-state index is 0.155. The lowest BCUT2D eigenvalue weighted by Gasteiger charge is -2.34. The van der Waals surface area contributed by atoms with E-state index in [9.17, 15) is 19.2 Å². The molecule has 2 fully saturated rings. The van der Waals surface area contributed by atoms with Crippen molar-refractivity contribution in [3.05, 3.63) is 29.3 Å². The zero-order chi connectivity index (χ0) is 19.7. The van der Waals surface area contributed by atoms with Gasteiger partial charge in [0, 0.05) is 11.7 Å². The number of hydrogen-bond donors (Lipinski definition) is 1. The van der Waals surface area contributed by atoms with Crippen LogP contribution in [0, 0.1) is 19.8 Å². The Bertz CT molecular complexity index is 784. The molecule has 7 heteroatoms. The molecule has 1 aromatic carbocycles. The Balaban J connectivity index is 1.73. The summed E-state index contributed by atoms with van der Waals surface area (Å²) in [6, 6.07) is 4.67. The Kier molecular flexibility index (Phi) is 5.30. The van der Waals surface area contributed by atoms with E-state index in [4.69, 9.17) is 0 Å². The minimum atomic E-state index is -0.922. The Morgan fingerprint density at radius 3 is 2.33 bits per heavy atom. The lowest BCUT2D eigenvalue weighted by Crippen LogP contribution is -2.46. The number of imide groups is 2. The first-order valence-electron chi connectivity index (χ1n) is 9.36. The largest absolute Gasteiger partial charge is 0.334 e. The van der Waals surface area contributed by atoms with Crippen molar-refractivity contribution in [2.45, 2.75) is 52.5 Å². The predicted molar refractivity (Wildman–Crippen MR) is 99.9 cm³/mol. The molecule has 1 saturated heterocycles. The molecule has 0 spiro atoms. The van der Waals surface area contributed by atoms with Gasteiger partial charge in [-0.25, -0.2) is 9.69 Å². The van der Waals surface area contributed by atoms with Crippen molar-refractivity contribution in [3.63, 3.8) is 0 Å². The first-order chi connectivity index (χ1) is 12.8. The number of benzene rings is 1. The van der Waals surface area contributed by atoms with Crippen molar-refractivity contribution in [2.75, 3.05) is 11.9 Å². The number of urea groups is 1. The monoisotopic (exact) mass is 371 g/mol. The molecular weight excluding hydrogens is 346 g/mol. The van der Waals surface area contributed by atoms with Crippen LogP contribution in [0.1, 0.15) is 43.7 Å². The van der Waals surface area contributed by atoms with Crippen LogP contribution >= 0.6 is 0 Å². The Morgan fingerprint density at radius 2 is 1.70 bits per heavy atom. The second kappa shape index (κ2) is 7.50. The average Bonchev–Trinajstić information content (AvgIpc) is 2.83. The van der Waals surface area contributed by atoms with Gasteiger partial charge in [-0.05, 0) is 43.7 Å². The van der Waals surface area contributed by atoms with E-state index in [1.807, 2.05) is 39.0 Å². The van der Waals surface area contributed by atoms with Crippen molar-refractivity contribution >= 4 is 29.4 Å². The van der Waals surface area contributed by atoms with Gasteiger partial charge in [-0.3, -0.25) is 19.3 Å². The third kappa shape index (κ3) is 3.59. The van der Waals surface area contributed by atoms with E-state index in [1.54, 1.807) is 0 Å². The van der Waals surface area contributed by atoms with Gasteiger partial charge < -0.3 is 5.32 Å². The molecule has 2 aliphatic rings. The summed E-state index contributed by atoms with van der Waals surface area (Å²) in [7, 11) is 0. The summed E-state index contributed by atoms with van der Waals surface area (Å²) in [4.78, 5) is 51.7. The number of nitrogens with zero attached hydrogens (tertiary/aromatic N) is 2. The second-order valence-corrected chi connectivity index (χ2v) is 7.49. The summed E-state index contributed by atoms with van der Waals surface area (Å²) in [6.07, 6.45) is 3.61. The number of rotatable bonds is 4. The lowest BCUT2D eigenvalue weighted by molar-refractivity contribution is -0.145. The molecule has 144 valence electrons. The van der Waals surface area contributed by atoms with Crippen molar-refractivity contribution in [1.82, 2.24) is 9.80 Å². The average molecular weight is 371 g/mol. The van der Waals surface area contributed by atoms with Crippen molar-refractivity contribution in [3.8, 4) is 0 Å². The number of amides is 5. The molecule has 3 rings (SSSR count). The molecule has 0 unspecified atom stereocenters. The Morgan fingerprint density at radius 1 is 1.07 bits per heavy atom. The highest BCUT2D eigenvalue weighted by atomic mass is 16.2. The zero-order valence-electron chi connectivity index (χ0n) is 15.9. The zero-order valence-corrected chi connectivity index (χ0v) is 15.9. The van der Waals surface area contributed by atoms with Crippen LogP contribution in [0.3, 0.4) is 0 Å². The SMILES string of the molecule is Cc1cccc(C)c1NC(=O)CN1C(=O)C(=O)N([C@H]2CCCC[C@@H]2C)C1=O. The van der Waals surface area contributed by atoms with Crippen LogP contribution < -0.4 is 5.32 Å². The van der Waals surface area contributed by atoms with E-state index in [1.165, 1.54) is 0 Å². The highest BCUT2D eigenvalue weighted by Gasteiger charge is 2.49. The summed E-state index contributed by atoms with van der Waals surface area (Å²) in [5, 5.41) is 2.75. The van der Waals surface area contributed by atoms with Gasteiger partial charge in [-0.2, -0.15) is 0 Å². The Hall–Kier alpha value is -2.70. The van der Waals surface area contributed by atoms with Gasteiger partial charge in [0.05, 0.1) is 0 Å². The van der Waals surface area contributed by atoms with E-state index in [0.29, 0.717) is 12.1 Å². The van der Waals surface area contributed by atoms with Gasteiger partial charge in [0.25, 0.3) is 0 Å². The number of hydrogen-bond acceptors (Lipinski definition) is 4. The normalized spacial score (nSPS) is 23.1. The van der Waals surface area contributed by atoms with Crippen LogP contribution in [0.5, 0.6) is 0 Å². The summed E-state index contributed by atoms with van der Waals surface area (Å²) in [6.45, 7) is 5.26. The molecule has 1 aliphatic carbocycles. The lowest BCUT2D eigenvalue weighted by atomic mass is 9.85. The van der Waals surface area contributed by atoms with E-state index in [0.717, 1.165) is 40.2 Å². The molecular formula is C20H25N3O4. The summed E-state index contributed by atoms with van der Waals surface area (Å²) in [5.74, 6) is -2.09. The molecule has 1 aliphatic heterocycles. The molecule has 1 saturated carbocycles. The van der Waals surface area contributed by atoms with Crippen LogP contribution in [0.4, 0.5) is 10.5 Å². The van der Waals surface area contributed by atoms with Gasteiger partial charge in [0.15, 0.2) is 0 Å². The third-order valence-electron chi connectivity index (χ3n) is 5.53. The fraction of sp³-hybridized carbons (Fsp3) is 0.500. The van der Waals surface area contributed by atoms with E-state index >= 15 is 0 Å². The van der Waals surface area contributed by atoms with Crippen molar-refractivity contribution in [1.29, 1.82) is 0 Å². The number of anilines is 1. The van der Waals surface area contributed by atoms with Gasteiger partial charge in [0.1, 0.15) is 6.54 Å². The second-order valence-electron chi connectivity index (χ2n) is 7.49. The molecule has 0 aromatic heterocycles. The minimum Gasteiger partial charge on any atom is -0.324 e. The number of nitrogens with one attached hydrogen (secondary N) is 1. The molecule has 1 N–H and O–H groups in total. The van der Waals surface area contributed by atoms with Crippen LogP contribution in [-0.2, 0) is 14.4 Å². The van der Waals surface area contributed by atoms with Gasteiger partial charge in [0.2, 0.25) is 5.91 Å². The highest BCUT2D eigenvalue weighted by molar-refractivity contribution is 6.45. The van der Waals surface area contributed by atoms with Gasteiger partial charge >= 0.3 is 17.8 Å². The van der Waals surface area contributed by atoms with Crippen LogP contribution in [-0.4, -0.2) is 46.1 Å². The number of carbonyl (C=O) groups is 4. The first-order valence-corrected chi connectivity index (χ1v) is 9.36. The van der Waals surface area contributed by atoms with Gasteiger partial charge in [-0.15, -0.1) is 0 Å². The highest BCUT2D eigenvalue weighted by Crippen LogP contribution is 2.31. The molecule has 0 bridgehead atoms. The smallest absolute Gasteiger partial charge is 0.324 e. The van der Waals surface area contributed by atoms with E-state index < -0.39 is 30.3 Å². The van der Waals surface area contributed by atoms with Crippen molar-refractivity contribution < 1.29 is 19.2 Å². The predicted octanol–water partition coefficient (Wildman–Crippen LogP) is 2.61. The van der Waals surface area contributed by atoms with E-state index in [2.05, 4.69) is 5.32 Å². The molecule has 0 radical (unpaired) electrons. The quantitative estimate of drug-likeness (QED) is 0.651. The molecule has 7 nitrogen and oxygen atoms in total. The summed E-state index contributed by atoms with van der Waals surface area (Å²) >= 11 is 0. The maximum atomic E-state index is 12.7. The first kappa shape index (κ1) is 19.1. The maximum absolute atomic E-state index is 12.7. The molecule has 1 heterocycles. The Labute approximate surface area is 158 Å². The van der Waals surface area contributed by atoms with Gasteiger partial charge in [-0.1, -0.05) is 38.0 Å². The van der Waals surface area contributed by atoms with Crippen LogP contribution in [0.25, 0.3) is 0 Å². The number of aryl methyl sites for hydroxylation is 2. The fourth-order valence-corrected chi connectivity index (χ4v) is 3.97. The summed E-state index contributed by atoms with van der Waals surface area (Å²) < 4.78 is 0. The standard InChI is InChI=1S/C20H25N3O4/c1-12-7-4-5-10-15(12)23-19(26)18(25)22(20(23)27)11-16(24)21-17-13(2)8-6-9-14(17)3/h6,8-9,12,15H,4-5,7,10-11H2,1-3H3,(H,21,24)/t12-,15-/m0/s1. The third-order valence-corrected chi connectivity index (χ3v) is 5.53. The van der Waals surface area contributed by atoms with Crippen LogP contribution in [0.15, 0.2) is 18.2 Å². The molecule has 2 atom stereocenters. The van der Waals surface area contributed by atoms with Crippen molar-refractivity contribution in [2.24, 2.45) is 5.92 Å². The maximum Gasteiger partial charge on any atom is 0.334 e. The summed E-state index contributed by atoms with van der Waals surface area (Å²) in [5.41, 5.74) is 2.43. The topological polar surface area (TPSA) is 86.8 Å². The molecule has 5 amide bonds.